The number of hydrogen-bond donors (Lipinski definition) is 0. The van der Waals surface area contributed by atoms with Crippen LogP contribution >= 0.6 is 0 Å². The van der Waals surface area contributed by atoms with Crippen molar-refractivity contribution < 1.29 is 24.5 Å². The Labute approximate surface area is 246 Å². The van der Waals surface area contributed by atoms with Crippen LogP contribution in [0.25, 0.3) is 33.7 Å². The van der Waals surface area contributed by atoms with Gasteiger partial charge in [0.1, 0.15) is 5.82 Å². The van der Waals surface area contributed by atoms with Crippen LogP contribution in [0.3, 0.4) is 0 Å². The molecular formula is C33H28IrN4O2-2. The topological polar surface area (TPSA) is 65.8 Å². The Morgan fingerprint density at radius 3 is 2.30 bits per heavy atom. The van der Waals surface area contributed by atoms with E-state index in [1.54, 1.807) is 36.5 Å². The van der Waals surface area contributed by atoms with Crippen LogP contribution in [0.4, 0.5) is 0 Å². The zero-order valence-corrected chi connectivity index (χ0v) is 25.1. The van der Waals surface area contributed by atoms with Crippen LogP contribution in [0.2, 0.25) is 0 Å². The Bertz CT molecular complexity index is 1820. The molecule has 1 radical (unpaired) electrons. The Balaban J connectivity index is 0.000000167. The summed E-state index contributed by atoms with van der Waals surface area (Å²) in [6.45, 7) is 9.29. The summed E-state index contributed by atoms with van der Waals surface area (Å²) in [6, 6.07) is 33.8. The fourth-order valence-corrected chi connectivity index (χ4v) is 5.28. The molecule has 0 atom stereocenters. The third kappa shape index (κ3) is 4.36. The quantitative estimate of drug-likeness (QED) is 0.189. The molecule has 1 aliphatic heterocycles. The van der Waals surface area contributed by atoms with Crippen molar-refractivity contribution in [3.05, 3.63) is 131 Å². The molecule has 1 aliphatic rings. The van der Waals surface area contributed by atoms with Crippen LogP contribution in [0.15, 0.2) is 107 Å². The minimum atomic E-state index is -0.448. The summed E-state index contributed by atoms with van der Waals surface area (Å²) in [6.07, 6.45) is 3.63. The van der Waals surface area contributed by atoms with Crippen molar-refractivity contribution >= 4 is 11.1 Å². The standard InChI is InChI=1S/C21H21N2.C12H7N2O2.Ir/c1-20(2)17-12-8-9-13-18(17)23-19(21(20,3)4)16(14-22-23)15-10-6-5-7-11-15;15-12-14(11-7-3-4-8-13-11)9-5-1-2-6-10(9)16-12;/h5-12,14H,1-4H3;1-4,6-8H;/q2*-1;. The van der Waals surface area contributed by atoms with Crippen LogP contribution in [0.5, 0.6) is 0 Å². The van der Waals surface area contributed by atoms with Gasteiger partial charge in [-0.25, -0.2) is 9.78 Å². The number of aromatic nitrogens is 4. The molecule has 0 saturated heterocycles. The van der Waals surface area contributed by atoms with Crippen LogP contribution in [-0.4, -0.2) is 19.3 Å². The van der Waals surface area contributed by atoms with Crippen molar-refractivity contribution in [2.75, 3.05) is 0 Å². The average molecular weight is 705 g/mol. The normalized spacial score (nSPS) is 14.3. The predicted molar refractivity (Wildman–Crippen MR) is 152 cm³/mol. The fraction of sp³-hybridized carbons (Fsp3) is 0.182. The summed E-state index contributed by atoms with van der Waals surface area (Å²) in [5, 5.41) is 4.72. The van der Waals surface area contributed by atoms with Gasteiger partial charge in [-0.3, -0.25) is 9.25 Å². The molecule has 6 nitrogen and oxygen atoms in total. The number of nitrogens with zero attached hydrogens (tertiary/aromatic N) is 4. The van der Waals surface area contributed by atoms with Crippen LogP contribution in [0.1, 0.15) is 39.0 Å². The maximum Gasteiger partial charge on any atom is 0.411 e. The van der Waals surface area contributed by atoms with Crippen molar-refractivity contribution in [3.63, 3.8) is 0 Å². The SMILES string of the molecule is CC1(C)c2ccc[c-]c2-n2ncc(-c3ccccc3)c2C1(C)C.O=c1oc2ccc[c-]c2n1-c1ccccn1.[Ir]. The number of benzene rings is 3. The molecule has 0 N–H and O–H groups in total. The summed E-state index contributed by atoms with van der Waals surface area (Å²) >= 11 is 0. The van der Waals surface area contributed by atoms with Gasteiger partial charge in [-0.15, -0.1) is 11.6 Å². The van der Waals surface area contributed by atoms with Gasteiger partial charge in [0.2, 0.25) is 0 Å². The van der Waals surface area contributed by atoms with Gasteiger partial charge in [0, 0.05) is 42.9 Å². The zero-order chi connectivity index (χ0) is 27.2. The minimum Gasteiger partial charge on any atom is -0.472 e. The second-order valence-electron chi connectivity index (χ2n) is 10.6. The summed E-state index contributed by atoms with van der Waals surface area (Å²) < 4.78 is 8.57. The maximum absolute atomic E-state index is 11.7. The van der Waals surface area contributed by atoms with E-state index in [9.17, 15) is 4.79 Å². The molecule has 0 amide bonds. The number of hydrogen-bond acceptors (Lipinski definition) is 4. The van der Waals surface area contributed by atoms with Crippen molar-refractivity contribution in [2.24, 2.45) is 0 Å². The van der Waals surface area contributed by atoms with Crippen LogP contribution in [0, 0.1) is 12.1 Å². The van der Waals surface area contributed by atoms with Gasteiger partial charge < -0.3 is 4.42 Å². The van der Waals surface area contributed by atoms with E-state index in [-0.39, 0.29) is 30.9 Å². The molecule has 0 fully saturated rings. The van der Waals surface area contributed by atoms with E-state index in [0.29, 0.717) is 16.9 Å². The van der Waals surface area contributed by atoms with Gasteiger partial charge in [-0.2, -0.15) is 47.6 Å². The van der Waals surface area contributed by atoms with E-state index in [1.807, 2.05) is 18.3 Å². The molecule has 3 aromatic carbocycles. The molecule has 203 valence electrons. The Morgan fingerprint density at radius 2 is 1.55 bits per heavy atom. The first-order valence-corrected chi connectivity index (χ1v) is 12.9. The zero-order valence-electron chi connectivity index (χ0n) is 22.7. The summed E-state index contributed by atoms with van der Waals surface area (Å²) in [7, 11) is 0. The van der Waals surface area contributed by atoms with E-state index in [0.717, 1.165) is 5.69 Å². The number of oxazole rings is 1. The third-order valence-corrected chi connectivity index (χ3v) is 8.01. The third-order valence-electron chi connectivity index (χ3n) is 8.01. The van der Waals surface area contributed by atoms with Gasteiger partial charge in [0.25, 0.3) is 0 Å². The predicted octanol–water partition coefficient (Wildman–Crippen LogP) is 6.68. The molecule has 3 aromatic heterocycles. The second kappa shape index (κ2) is 10.5. The van der Waals surface area contributed by atoms with Crippen LogP contribution in [-0.2, 0) is 30.9 Å². The Hall–Kier alpha value is -4.06. The molecule has 4 heterocycles. The van der Waals surface area contributed by atoms with E-state index in [4.69, 9.17) is 9.52 Å². The average Bonchev–Trinajstić information content (AvgIpc) is 3.55. The molecule has 7 rings (SSSR count). The first-order chi connectivity index (χ1) is 18.8. The Kier molecular flexibility index (Phi) is 7.21. The van der Waals surface area contributed by atoms with Crippen molar-refractivity contribution in [1.29, 1.82) is 0 Å². The molecule has 0 saturated carbocycles. The first kappa shape index (κ1) is 27.5. The van der Waals surface area contributed by atoms with Crippen molar-refractivity contribution in [3.8, 4) is 22.6 Å². The van der Waals surface area contributed by atoms with Gasteiger partial charge in [0.15, 0.2) is 0 Å². The number of para-hydroxylation sites is 2. The van der Waals surface area contributed by atoms with Gasteiger partial charge in [-0.1, -0.05) is 64.1 Å². The maximum atomic E-state index is 11.7. The molecule has 6 aromatic rings. The largest absolute Gasteiger partial charge is 0.472 e. The number of pyridine rings is 1. The van der Waals surface area contributed by atoms with Gasteiger partial charge in [-0.05, 0) is 34.3 Å². The van der Waals surface area contributed by atoms with E-state index in [2.05, 4.69) is 92.0 Å². The van der Waals surface area contributed by atoms with Crippen molar-refractivity contribution in [1.82, 2.24) is 19.3 Å². The van der Waals surface area contributed by atoms with Gasteiger partial charge >= 0.3 is 5.76 Å². The van der Waals surface area contributed by atoms with Crippen LogP contribution < -0.4 is 5.76 Å². The summed E-state index contributed by atoms with van der Waals surface area (Å²) in [4.78, 5) is 15.8. The molecule has 0 aliphatic carbocycles. The Morgan fingerprint density at radius 1 is 0.825 bits per heavy atom. The van der Waals surface area contributed by atoms with Gasteiger partial charge in [0.05, 0.1) is 11.9 Å². The summed E-state index contributed by atoms with van der Waals surface area (Å²) in [5.41, 5.74) is 7.15. The monoisotopic (exact) mass is 705 g/mol. The number of rotatable bonds is 2. The minimum absolute atomic E-state index is 0. The molecule has 40 heavy (non-hydrogen) atoms. The molecule has 7 heteroatoms. The molecular weight excluding hydrogens is 677 g/mol. The fourth-order valence-electron chi connectivity index (χ4n) is 5.28. The van der Waals surface area contributed by atoms with E-state index >= 15 is 0 Å². The first-order valence-electron chi connectivity index (χ1n) is 12.9. The molecule has 0 bridgehead atoms. The van der Waals surface area contributed by atoms with E-state index < -0.39 is 5.76 Å². The summed E-state index contributed by atoms with van der Waals surface area (Å²) in [5.74, 6) is 0.0878. The van der Waals surface area contributed by atoms with Crippen molar-refractivity contribution in [2.45, 2.75) is 38.5 Å². The van der Waals surface area contributed by atoms with E-state index in [1.165, 1.54) is 27.0 Å². The molecule has 0 unspecified atom stereocenters. The second-order valence-corrected chi connectivity index (χ2v) is 10.6. The molecule has 0 spiro atoms. The smallest absolute Gasteiger partial charge is 0.411 e. The number of fused-ring (bicyclic) bond motifs is 4.